The van der Waals surface area contributed by atoms with Crippen molar-refractivity contribution in [3.05, 3.63) is 89.9 Å². The third-order valence-electron chi connectivity index (χ3n) is 5.64. The van der Waals surface area contributed by atoms with Crippen LogP contribution in [-0.4, -0.2) is 39.2 Å². The summed E-state index contributed by atoms with van der Waals surface area (Å²) >= 11 is 1.86. The molecule has 2 N–H and O–H groups in total. The Balaban J connectivity index is 1.60. The fourth-order valence-corrected chi connectivity index (χ4v) is 4.51. The summed E-state index contributed by atoms with van der Waals surface area (Å²) in [7, 11) is 0. The van der Waals surface area contributed by atoms with Crippen molar-refractivity contribution >= 4 is 28.6 Å². The lowest BCUT2D eigenvalue weighted by atomic mass is 10.0. The van der Waals surface area contributed by atoms with Gasteiger partial charge in [0.05, 0.1) is 23.4 Å². The van der Waals surface area contributed by atoms with Gasteiger partial charge in [0.25, 0.3) is 0 Å². The van der Waals surface area contributed by atoms with Gasteiger partial charge in [-0.1, -0.05) is 31.2 Å². The van der Waals surface area contributed by atoms with E-state index in [1.165, 1.54) is 17.7 Å². The number of aliphatic hydroxyl groups excluding tert-OH is 1. The molecule has 35 heavy (non-hydrogen) atoms. The van der Waals surface area contributed by atoms with Crippen LogP contribution in [-0.2, 0) is 10.5 Å². The largest absolute Gasteiger partial charge is 0.484 e. The van der Waals surface area contributed by atoms with Gasteiger partial charge >= 0.3 is 0 Å². The van der Waals surface area contributed by atoms with Gasteiger partial charge < -0.3 is 15.2 Å². The molecule has 182 valence electrons. The number of halogens is 1. The van der Waals surface area contributed by atoms with Crippen LogP contribution in [0.15, 0.2) is 72.9 Å². The first-order valence-corrected chi connectivity index (χ1v) is 12.6. The number of carbonyl (C=O) groups is 1. The number of fused-ring (bicyclic) bond motifs is 1. The molecule has 0 fully saturated rings. The molecule has 2 atom stereocenters. The Hall–Kier alpha value is -3.36. The minimum absolute atomic E-state index is 0.300. The molecule has 8 heteroatoms. The number of ether oxygens (including phenoxy) is 1. The Morgan fingerprint density at radius 2 is 1.89 bits per heavy atom. The highest BCUT2D eigenvalue weighted by Gasteiger charge is 2.23. The zero-order valence-electron chi connectivity index (χ0n) is 19.6. The highest BCUT2D eigenvalue weighted by atomic mass is 32.2. The number of hydrogen-bond donors (Lipinski definition) is 2. The molecule has 0 unspecified atom stereocenters. The summed E-state index contributed by atoms with van der Waals surface area (Å²) in [6.45, 7) is 3.40. The molecule has 1 amide bonds. The van der Waals surface area contributed by atoms with Crippen LogP contribution < -0.4 is 10.1 Å². The van der Waals surface area contributed by atoms with Crippen LogP contribution in [0.1, 0.15) is 31.1 Å². The molecule has 1 aromatic heterocycles. The molecular formula is C27H28FN3O3S. The summed E-state index contributed by atoms with van der Waals surface area (Å²) in [5.74, 6) is 1.85. The van der Waals surface area contributed by atoms with Crippen LogP contribution in [0.2, 0.25) is 0 Å². The lowest BCUT2D eigenvalue weighted by Crippen LogP contribution is -2.40. The van der Waals surface area contributed by atoms with E-state index in [9.17, 15) is 14.3 Å². The van der Waals surface area contributed by atoms with E-state index in [0.717, 1.165) is 33.7 Å². The number of thioether (sulfide) groups is 1. The molecule has 4 rings (SSSR count). The summed E-state index contributed by atoms with van der Waals surface area (Å²) in [6, 6.07) is 19.6. The van der Waals surface area contributed by atoms with Gasteiger partial charge in [-0.2, -0.15) is 16.9 Å². The van der Waals surface area contributed by atoms with Gasteiger partial charge in [0, 0.05) is 11.1 Å². The van der Waals surface area contributed by atoms with Gasteiger partial charge in [-0.15, -0.1) is 0 Å². The van der Waals surface area contributed by atoms with Crippen LogP contribution in [0.3, 0.4) is 0 Å². The predicted molar refractivity (Wildman–Crippen MR) is 137 cm³/mol. The second-order valence-corrected chi connectivity index (χ2v) is 9.46. The molecule has 4 aromatic rings. The normalized spacial score (nSPS) is 12.9. The summed E-state index contributed by atoms with van der Waals surface area (Å²) in [5, 5.41) is 17.3. The van der Waals surface area contributed by atoms with Crippen molar-refractivity contribution < 1.29 is 19.0 Å². The smallest absolute Gasteiger partial charge is 0.246 e. The van der Waals surface area contributed by atoms with E-state index >= 15 is 0 Å². The van der Waals surface area contributed by atoms with Crippen molar-refractivity contribution in [1.82, 2.24) is 15.1 Å². The Kier molecular flexibility index (Phi) is 8.05. The van der Waals surface area contributed by atoms with Crippen molar-refractivity contribution in [2.24, 2.45) is 0 Å². The number of aliphatic hydroxyl groups is 1. The molecule has 3 aromatic carbocycles. The Morgan fingerprint density at radius 3 is 2.57 bits per heavy atom. The average Bonchev–Trinajstić information content (AvgIpc) is 3.30. The highest BCUT2D eigenvalue weighted by molar-refractivity contribution is 7.98. The Bertz CT molecular complexity index is 1280. The number of benzene rings is 3. The van der Waals surface area contributed by atoms with Crippen LogP contribution in [0.25, 0.3) is 16.6 Å². The van der Waals surface area contributed by atoms with E-state index in [4.69, 9.17) is 4.74 Å². The number of nitrogens with zero attached hydrogens (tertiary/aromatic N) is 2. The third kappa shape index (κ3) is 6.01. The number of rotatable bonds is 10. The van der Waals surface area contributed by atoms with Gasteiger partial charge in [-0.05, 0) is 66.3 Å². The zero-order chi connectivity index (χ0) is 24.8. The molecule has 0 aliphatic rings. The van der Waals surface area contributed by atoms with E-state index < -0.39 is 18.6 Å². The predicted octanol–water partition coefficient (Wildman–Crippen LogP) is 5.03. The van der Waals surface area contributed by atoms with Crippen molar-refractivity contribution in [3.8, 4) is 11.4 Å². The van der Waals surface area contributed by atoms with Crippen LogP contribution in [0.5, 0.6) is 5.75 Å². The third-order valence-corrected chi connectivity index (χ3v) is 6.59. The maximum absolute atomic E-state index is 13.3. The van der Waals surface area contributed by atoms with Crippen molar-refractivity contribution in [2.45, 2.75) is 31.7 Å². The zero-order valence-corrected chi connectivity index (χ0v) is 20.5. The first kappa shape index (κ1) is 24.8. The fourth-order valence-electron chi connectivity index (χ4n) is 3.88. The first-order valence-electron chi connectivity index (χ1n) is 11.5. The first-order chi connectivity index (χ1) is 17.0. The van der Waals surface area contributed by atoms with Crippen molar-refractivity contribution in [2.75, 3.05) is 12.4 Å². The molecule has 0 radical (unpaired) electrons. The maximum Gasteiger partial charge on any atom is 0.246 e. The second kappa shape index (κ2) is 11.4. The monoisotopic (exact) mass is 493 g/mol. The summed E-state index contributed by atoms with van der Waals surface area (Å²) in [5.41, 5.74) is 3.76. The van der Waals surface area contributed by atoms with Crippen molar-refractivity contribution in [1.29, 1.82) is 0 Å². The quantitative estimate of drug-likeness (QED) is 0.324. The van der Waals surface area contributed by atoms with Gasteiger partial charge in [0.2, 0.25) is 5.91 Å². The summed E-state index contributed by atoms with van der Waals surface area (Å²) in [6.07, 6.45) is 1.26. The number of aromatic nitrogens is 2. The number of amides is 1. The van der Waals surface area contributed by atoms with Crippen LogP contribution >= 0.6 is 11.8 Å². The molecule has 6 nitrogen and oxygen atoms in total. The molecular weight excluding hydrogens is 465 g/mol. The number of nitrogens with one attached hydrogen (secondary N) is 1. The lowest BCUT2D eigenvalue weighted by Gasteiger charge is -2.26. The number of hydrogen-bond acceptors (Lipinski definition) is 5. The summed E-state index contributed by atoms with van der Waals surface area (Å²) in [4.78, 5) is 11.9. The van der Waals surface area contributed by atoms with E-state index in [1.54, 1.807) is 23.0 Å². The molecule has 0 spiro atoms. The van der Waals surface area contributed by atoms with Crippen molar-refractivity contribution in [3.63, 3.8) is 0 Å². The molecule has 0 aliphatic heterocycles. The molecule has 0 bridgehead atoms. The maximum atomic E-state index is 13.3. The number of carbonyl (C=O) groups excluding carboxylic acids is 1. The Morgan fingerprint density at radius 1 is 1.14 bits per heavy atom. The van der Waals surface area contributed by atoms with E-state index in [2.05, 4.69) is 29.5 Å². The minimum atomic E-state index is -0.585. The standard InChI is InChI=1S/C27H28FN3O3S/c1-3-35-17-19-4-6-20(7-5-19)27(18(2)30-26(33)16-32)34-24-12-13-25-21(14-24)15-29-31(25)23-10-8-22(28)9-11-23/h4-15,18,27,32H,3,16-17H2,1-2H3,(H,30,33)/t18-,27+/m0/s1. The summed E-state index contributed by atoms with van der Waals surface area (Å²) < 4.78 is 21.4. The topological polar surface area (TPSA) is 76.4 Å². The fraction of sp³-hybridized carbons (Fsp3) is 0.259. The SMILES string of the molecule is CCSCc1ccc([C@H](Oc2ccc3c(cnn3-c3ccc(F)cc3)c2)[C@H](C)NC(=O)CO)cc1. The van der Waals surface area contributed by atoms with E-state index in [-0.39, 0.29) is 11.9 Å². The van der Waals surface area contributed by atoms with E-state index in [0.29, 0.717) is 5.75 Å². The minimum Gasteiger partial charge on any atom is -0.484 e. The van der Waals surface area contributed by atoms with Crippen LogP contribution in [0, 0.1) is 5.82 Å². The second-order valence-electron chi connectivity index (χ2n) is 8.18. The molecule has 0 aliphatic carbocycles. The average molecular weight is 494 g/mol. The molecule has 1 heterocycles. The highest BCUT2D eigenvalue weighted by Crippen LogP contribution is 2.29. The van der Waals surface area contributed by atoms with Gasteiger partial charge in [0.15, 0.2) is 0 Å². The van der Waals surface area contributed by atoms with Gasteiger partial charge in [-0.25, -0.2) is 9.07 Å². The van der Waals surface area contributed by atoms with E-state index in [1.807, 2.05) is 49.0 Å². The van der Waals surface area contributed by atoms with Gasteiger partial charge in [-0.3, -0.25) is 4.79 Å². The Labute approximate surface area is 208 Å². The molecule has 0 saturated carbocycles. The van der Waals surface area contributed by atoms with Crippen LogP contribution in [0.4, 0.5) is 4.39 Å². The lowest BCUT2D eigenvalue weighted by molar-refractivity contribution is -0.125. The van der Waals surface area contributed by atoms with Gasteiger partial charge in [0.1, 0.15) is 24.3 Å². The molecule has 0 saturated heterocycles.